The van der Waals surface area contributed by atoms with Gasteiger partial charge in [-0.25, -0.2) is 43.2 Å². The van der Waals surface area contributed by atoms with Gasteiger partial charge in [-0.15, -0.1) is 0 Å². The molecule has 18 nitrogen and oxygen atoms in total. The highest BCUT2D eigenvalue weighted by Crippen LogP contribution is 2.17. The van der Waals surface area contributed by atoms with Crippen LogP contribution >= 0.6 is 0 Å². The summed E-state index contributed by atoms with van der Waals surface area (Å²) in [6, 6.07) is 2.88. The van der Waals surface area contributed by atoms with Crippen LogP contribution in [0.1, 0.15) is 72.6 Å². The molecule has 0 aliphatic carbocycles. The normalized spacial score (nSPS) is 11.7. The molecule has 0 amide bonds. The van der Waals surface area contributed by atoms with Crippen LogP contribution in [0.3, 0.4) is 0 Å². The largest absolute Gasteiger partial charge is 0.458 e. The predicted octanol–water partition coefficient (Wildman–Crippen LogP) is 3.98. The summed E-state index contributed by atoms with van der Waals surface area (Å²) in [6.07, 6.45) is -4.06. The maximum atomic E-state index is 13.4. The topological polar surface area (TPSA) is 237 Å². The Morgan fingerprint density at radius 2 is 0.533 bits per heavy atom. The minimum absolute atomic E-state index is 0.0249. The molecule has 0 bridgehead atoms. The Bertz CT molecular complexity index is 1720. The van der Waals surface area contributed by atoms with Gasteiger partial charge in [0.15, 0.2) is 18.3 Å². The van der Waals surface area contributed by atoms with Crippen molar-refractivity contribution in [3.8, 4) is 0 Å². The highest BCUT2D eigenvalue weighted by atomic mass is 16.6. The minimum atomic E-state index is -1.35. The Morgan fingerprint density at radius 3 is 0.717 bits per heavy atom. The Labute approximate surface area is 346 Å². The van der Waals surface area contributed by atoms with E-state index in [0.29, 0.717) is 0 Å². The summed E-state index contributed by atoms with van der Waals surface area (Å²) >= 11 is 0. The standard InChI is InChI=1S/C42H48O18/c1-22(2)34(43)52-16-31(58-37(46)25(7)8)19-55-40(49)28-13-29(41(50)56-20-32(59-38(47)26(9)10)17-53-35(44)23(3)4)15-30(14-28)42(51)57-21-33(60-39(48)27(11)12)18-54-36(45)24(5)6/h13-15,31-33H,1,3,5,7,9,11,16-21H2,2,4,6,8,10,12H3. The molecule has 0 aliphatic rings. The van der Waals surface area contributed by atoms with E-state index < -0.39 is 128 Å². The molecule has 0 spiro atoms. The van der Waals surface area contributed by atoms with Crippen molar-refractivity contribution in [3.05, 3.63) is 108 Å². The molecule has 0 N–H and O–H groups in total. The maximum Gasteiger partial charge on any atom is 0.338 e. The van der Waals surface area contributed by atoms with Crippen LogP contribution in [-0.2, 0) is 71.4 Å². The van der Waals surface area contributed by atoms with Crippen LogP contribution in [0.5, 0.6) is 0 Å². The Morgan fingerprint density at radius 1 is 0.350 bits per heavy atom. The van der Waals surface area contributed by atoms with Gasteiger partial charge in [0.1, 0.15) is 39.6 Å². The summed E-state index contributed by atoms with van der Waals surface area (Å²) in [5.74, 6) is -8.78. The van der Waals surface area contributed by atoms with Gasteiger partial charge in [0, 0.05) is 33.4 Å². The first-order chi connectivity index (χ1) is 27.9. The fourth-order valence-electron chi connectivity index (χ4n) is 3.72. The number of rotatable bonds is 24. The molecule has 1 aromatic carbocycles. The van der Waals surface area contributed by atoms with Gasteiger partial charge in [-0.3, -0.25) is 0 Å². The summed E-state index contributed by atoms with van der Waals surface area (Å²) in [5.41, 5.74) is -1.36. The van der Waals surface area contributed by atoms with E-state index in [0.717, 1.165) is 18.2 Å². The highest BCUT2D eigenvalue weighted by molar-refractivity contribution is 6.00. The van der Waals surface area contributed by atoms with E-state index in [1.165, 1.54) is 41.5 Å². The van der Waals surface area contributed by atoms with Crippen molar-refractivity contribution in [2.75, 3.05) is 39.6 Å². The van der Waals surface area contributed by atoms with Gasteiger partial charge < -0.3 is 42.6 Å². The lowest BCUT2D eigenvalue weighted by atomic mass is 10.1. The molecule has 0 heterocycles. The van der Waals surface area contributed by atoms with Crippen molar-refractivity contribution in [3.63, 3.8) is 0 Å². The van der Waals surface area contributed by atoms with E-state index in [2.05, 4.69) is 39.5 Å². The molecule has 1 aromatic rings. The number of carbonyl (C=O) groups excluding carboxylic acids is 9. The zero-order valence-corrected chi connectivity index (χ0v) is 34.3. The van der Waals surface area contributed by atoms with E-state index in [1.54, 1.807) is 0 Å². The third-order valence-corrected chi connectivity index (χ3v) is 6.95. The van der Waals surface area contributed by atoms with Gasteiger partial charge in [0.05, 0.1) is 16.7 Å². The molecule has 3 atom stereocenters. The smallest absolute Gasteiger partial charge is 0.338 e. The van der Waals surface area contributed by atoms with Crippen LogP contribution < -0.4 is 0 Å². The first-order valence-electron chi connectivity index (χ1n) is 17.7. The summed E-state index contributed by atoms with van der Waals surface area (Å²) in [6.45, 7) is 25.1. The fraction of sp³-hybridized carbons (Fsp3) is 0.357. The second-order valence-electron chi connectivity index (χ2n) is 13.2. The van der Waals surface area contributed by atoms with E-state index in [-0.39, 0.29) is 33.4 Å². The third kappa shape index (κ3) is 18.4. The zero-order valence-electron chi connectivity index (χ0n) is 34.3. The quantitative estimate of drug-likeness (QED) is 0.0813. The van der Waals surface area contributed by atoms with Gasteiger partial charge in [0.25, 0.3) is 0 Å². The monoisotopic (exact) mass is 840 g/mol. The molecule has 0 radical (unpaired) electrons. The van der Waals surface area contributed by atoms with Gasteiger partial charge in [-0.05, 0) is 59.7 Å². The SMILES string of the molecule is C=C(C)C(=O)OCC(COC(=O)c1cc(C(=O)OCC(COC(=O)C(=C)C)OC(=O)C(=C)C)cc(C(=O)OCC(COC(=O)C(=C)C)OC(=O)C(=C)C)c1)OC(=O)C(=C)C. The molecule has 0 fully saturated rings. The van der Waals surface area contributed by atoms with Crippen LogP contribution in [0.4, 0.5) is 0 Å². The molecule has 18 heteroatoms. The Balaban J connectivity index is 3.55. The summed E-state index contributed by atoms with van der Waals surface area (Å²) in [7, 11) is 0. The average molecular weight is 841 g/mol. The molecular formula is C42H48O18. The first kappa shape index (κ1) is 50.9. The summed E-state index contributed by atoms with van der Waals surface area (Å²) < 4.78 is 46.7. The number of hydrogen-bond donors (Lipinski definition) is 0. The Kier molecular flexibility index (Phi) is 20.9. The molecule has 3 unspecified atom stereocenters. The second-order valence-corrected chi connectivity index (χ2v) is 13.2. The summed E-state index contributed by atoms with van der Waals surface area (Å²) in [4.78, 5) is 113. The average Bonchev–Trinajstić information content (AvgIpc) is 3.18. The molecule has 1 rings (SSSR count). The molecule has 0 saturated heterocycles. The molecule has 0 saturated carbocycles. The third-order valence-electron chi connectivity index (χ3n) is 6.95. The zero-order chi connectivity index (χ0) is 45.9. The van der Waals surface area contributed by atoms with Crippen molar-refractivity contribution < 1.29 is 85.8 Å². The van der Waals surface area contributed by atoms with Gasteiger partial charge in [-0.1, -0.05) is 39.5 Å². The van der Waals surface area contributed by atoms with Crippen LogP contribution in [0, 0.1) is 0 Å². The van der Waals surface area contributed by atoms with Crippen LogP contribution in [-0.4, -0.2) is 112 Å². The first-order valence-corrected chi connectivity index (χ1v) is 17.7. The number of ether oxygens (including phenoxy) is 9. The van der Waals surface area contributed by atoms with Crippen molar-refractivity contribution in [2.45, 2.75) is 59.9 Å². The van der Waals surface area contributed by atoms with Crippen LogP contribution in [0.25, 0.3) is 0 Å². The molecule has 60 heavy (non-hydrogen) atoms. The fourth-order valence-corrected chi connectivity index (χ4v) is 3.72. The van der Waals surface area contributed by atoms with E-state index in [1.807, 2.05) is 0 Å². The van der Waals surface area contributed by atoms with Gasteiger partial charge in [0.2, 0.25) is 0 Å². The highest BCUT2D eigenvalue weighted by Gasteiger charge is 2.26. The van der Waals surface area contributed by atoms with Crippen molar-refractivity contribution in [1.29, 1.82) is 0 Å². The number of hydrogen-bond acceptors (Lipinski definition) is 18. The molecular weight excluding hydrogens is 792 g/mol. The maximum absolute atomic E-state index is 13.4. The van der Waals surface area contributed by atoms with Crippen molar-refractivity contribution in [2.24, 2.45) is 0 Å². The lowest BCUT2D eigenvalue weighted by molar-refractivity contribution is -0.156. The molecule has 0 aromatic heterocycles. The van der Waals surface area contributed by atoms with E-state index in [9.17, 15) is 43.2 Å². The molecule has 0 aliphatic heterocycles. The number of esters is 9. The minimum Gasteiger partial charge on any atom is -0.458 e. The van der Waals surface area contributed by atoms with Gasteiger partial charge >= 0.3 is 53.7 Å². The van der Waals surface area contributed by atoms with Crippen LogP contribution in [0.2, 0.25) is 0 Å². The second kappa shape index (κ2) is 24.6. The van der Waals surface area contributed by atoms with Gasteiger partial charge in [-0.2, -0.15) is 0 Å². The number of carbonyl (C=O) groups is 9. The van der Waals surface area contributed by atoms with Crippen LogP contribution in [0.15, 0.2) is 91.1 Å². The number of benzene rings is 1. The van der Waals surface area contributed by atoms with E-state index in [4.69, 9.17) is 42.6 Å². The summed E-state index contributed by atoms with van der Waals surface area (Å²) in [5, 5.41) is 0. The predicted molar refractivity (Wildman–Crippen MR) is 209 cm³/mol. The lowest BCUT2D eigenvalue weighted by Crippen LogP contribution is -2.32. The Hall–Kier alpha value is -7.11. The van der Waals surface area contributed by atoms with E-state index >= 15 is 0 Å². The van der Waals surface area contributed by atoms with Crippen molar-refractivity contribution in [1.82, 2.24) is 0 Å². The lowest BCUT2D eigenvalue weighted by Gasteiger charge is -2.19. The van der Waals surface area contributed by atoms with Crippen molar-refractivity contribution >= 4 is 53.7 Å². The molecule has 324 valence electrons.